The maximum Gasteiger partial charge on any atom is 0.345 e. The molecule has 4 nitrogen and oxygen atoms in total. The zero-order valence-corrected chi connectivity index (χ0v) is 12.8. The van der Waals surface area contributed by atoms with E-state index in [0.29, 0.717) is 13.0 Å². The highest BCUT2D eigenvalue weighted by Crippen LogP contribution is 2.35. The van der Waals surface area contributed by atoms with Crippen molar-refractivity contribution < 1.29 is 14.4 Å². The Morgan fingerprint density at radius 1 is 1.38 bits per heavy atom. The van der Waals surface area contributed by atoms with Crippen molar-refractivity contribution in [2.24, 2.45) is 0 Å². The molecule has 1 N–H and O–H groups in total. The Balaban J connectivity index is 1.95. The summed E-state index contributed by atoms with van der Waals surface area (Å²) in [4.78, 5) is 18.7. The Bertz CT molecular complexity index is 673. The second kappa shape index (κ2) is 5.50. The number of nitrogens with one attached hydrogen (secondary N) is 1. The molecule has 1 aromatic heterocycles. The zero-order valence-electron chi connectivity index (χ0n) is 12.0. The van der Waals surface area contributed by atoms with Gasteiger partial charge in [-0.15, -0.1) is 11.3 Å². The molecule has 1 aliphatic heterocycles. The maximum absolute atomic E-state index is 12.1. The van der Waals surface area contributed by atoms with Crippen LogP contribution in [0.3, 0.4) is 0 Å². The van der Waals surface area contributed by atoms with Gasteiger partial charge in [0.05, 0.1) is 17.2 Å². The summed E-state index contributed by atoms with van der Waals surface area (Å²) in [6.07, 6.45) is 2.35. The second-order valence-corrected chi connectivity index (χ2v) is 5.96. The number of benzene rings is 1. The number of hydrogen-bond acceptors (Lipinski definition) is 5. The molecule has 5 heteroatoms. The van der Waals surface area contributed by atoms with Gasteiger partial charge in [0.2, 0.25) is 5.60 Å². The first-order chi connectivity index (χ1) is 10.2. The van der Waals surface area contributed by atoms with Crippen molar-refractivity contribution in [3.8, 4) is 0 Å². The normalized spacial score (nSPS) is 21.1. The summed E-state index contributed by atoms with van der Waals surface area (Å²) in [5, 5.41) is 1.19. The molecule has 0 bridgehead atoms. The number of carbonyl (C=O) groups excluding carboxylic acids is 1. The van der Waals surface area contributed by atoms with Gasteiger partial charge < -0.3 is 4.74 Å². The lowest BCUT2D eigenvalue weighted by Crippen LogP contribution is -2.39. The molecule has 2 aromatic rings. The molecule has 0 aliphatic carbocycles. The summed E-state index contributed by atoms with van der Waals surface area (Å²) in [6, 6.07) is 10.3. The van der Waals surface area contributed by atoms with Gasteiger partial charge in [-0.25, -0.2) is 4.79 Å². The predicted octanol–water partition coefficient (Wildman–Crippen LogP) is 3.49. The molecular formula is C16H17NO3S. The molecule has 0 saturated carbocycles. The molecule has 2 heterocycles. The summed E-state index contributed by atoms with van der Waals surface area (Å²) >= 11 is 1.67. The van der Waals surface area contributed by atoms with Gasteiger partial charge in [-0.3, -0.25) is 10.3 Å². The Kier molecular flexibility index (Phi) is 3.69. The van der Waals surface area contributed by atoms with E-state index in [2.05, 4.69) is 23.7 Å². The SMILES string of the molecule is CCOC(=O)C1(CC)C=C(c2cc3ccccc3s2)NO1. The minimum atomic E-state index is -1.03. The molecular weight excluding hydrogens is 286 g/mol. The largest absolute Gasteiger partial charge is 0.464 e. The van der Waals surface area contributed by atoms with Crippen LogP contribution in [-0.4, -0.2) is 18.2 Å². The number of rotatable bonds is 4. The molecule has 1 aromatic carbocycles. The third-order valence-electron chi connectivity index (χ3n) is 3.56. The molecule has 3 rings (SSSR count). The van der Waals surface area contributed by atoms with Crippen LogP contribution in [-0.2, 0) is 14.4 Å². The summed E-state index contributed by atoms with van der Waals surface area (Å²) in [7, 11) is 0. The number of thiophene rings is 1. The minimum absolute atomic E-state index is 0.343. The smallest absolute Gasteiger partial charge is 0.345 e. The highest BCUT2D eigenvalue weighted by atomic mass is 32.1. The lowest BCUT2D eigenvalue weighted by Gasteiger charge is -2.20. The van der Waals surface area contributed by atoms with E-state index in [1.165, 1.54) is 10.1 Å². The highest BCUT2D eigenvalue weighted by molar-refractivity contribution is 7.20. The first kappa shape index (κ1) is 14.1. The van der Waals surface area contributed by atoms with E-state index in [0.717, 1.165) is 10.6 Å². The zero-order chi connectivity index (χ0) is 14.9. The van der Waals surface area contributed by atoms with Crippen LogP contribution in [0.5, 0.6) is 0 Å². The van der Waals surface area contributed by atoms with Crippen LogP contribution in [0.25, 0.3) is 15.8 Å². The van der Waals surface area contributed by atoms with Crippen molar-refractivity contribution in [1.82, 2.24) is 5.48 Å². The van der Waals surface area contributed by atoms with Crippen LogP contribution in [0.15, 0.2) is 36.4 Å². The summed E-state index contributed by atoms with van der Waals surface area (Å²) in [6.45, 7) is 4.04. The maximum atomic E-state index is 12.1. The Morgan fingerprint density at radius 3 is 2.90 bits per heavy atom. The molecule has 1 unspecified atom stereocenters. The quantitative estimate of drug-likeness (QED) is 0.878. The number of ether oxygens (including phenoxy) is 1. The van der Waals surface area contributed by atoms with E-state index >= 15 is 0 Å². The highest BCUT2D eigenvalue weighted by Gasteiger charge is 2.43. The molecule has 0 radical (unpaired) electrons. The molecule has 0 fully saturated rings. The predicted molar refractivity (Wildman–Crippen MR) is 83.7 cm³/mol. The third-order valence-corrected chi connectivity index (χ3v) is 4.71. The Hall–Kier alpha value is -1.85. The average Bonchev–Trinajstić information content (AvgIpc) is 3.12. The van der Waals surface area contributed by atoms with Gasteiger partial charge in [0, 0.05) is 4.70 Å². The van der Waals surface area contributed by atoms with Crippen LogP contribution in [0.1, 0.15) is 25.1 Å². The van der Waals surface area contributed by atoms with E-state index in [1.807, 2.05) is 25.1 Å². The monoisotopic (exact) mass is 303 g/mol. The molecule has 1 atom stereocenters. The number of esters is 1. The van der Waals surface area contributed by atoms with E-state index in [-0.39, 0.29) is 5.97 Å². The first-order valence-electron chi connectivity index (χ1n) is 7.01. The van der Waals surface area contributed by atoms with Crippen molar-refractivity contribution in [3.05, 3.63) is 41.3 Å². The van der Waals surface area contributed by atoms with Gasteiger partial charge in [-0.2, -0.15) is 0 Å². The van der Waals surface area contributed by atoms with Gasteiger partial charge in [-0.1, -0.05) is 25.1 Å². The summed E-state index contributed by atoms with van der Waals surface area (Å²) in [5.41, 5.74) is 2.68. The van der Waals surface area contributed by atoms with Crippen molar-refractivity contribution in [2.75, 3.05) is 6.61 Å². The standard InChI is InChI=1S/C16H17NO3S/c1-3-16(15(18)19-4-2)10-12(17-20-16)14-9-11-7-5-6-8-13(11)21-14/h5-10,17H,3-4H2,1-2H3. The first-order valence-corrected chi connectivity index (χ1v) is 7.83. The van der Waals surface area contributed by atoms with E-state index in [9.17, 15) is 4.79 Å². The van der Waals surface area contributed by atoms with Crippen molar-refractivity contribution in [2.45, 2.75) is 25.9 Å². The van der Waals surface area contributed by atoms with Crippen molar-refractivity contribution >= 4 is 33.1 Å². The van der Waals surface area contributed by atoms with Crippen LogP contribution >= 0.6 is 11.3 Å². The van der Waals surface area contributed by atoms with E-state index in [4.69, 9.17) is 9.57 Å². The lowest BCUT2D eigenvalue weighted by molar-refractivity contribution is -0.168. The fourth-order valence-electron chi connectivity index (χ4n) is 2.35. The average molecular weight is 303 g/mol. The molecule has 0 saturated heterocycles. The van der Waals surface area contributed by atoms with Crippen molar-refractivity contribution in [3.63, 3.8) is 0 Å². The fraction of sp³-hybridized carbons (Fsp3) is 0.312. The van der Waals surface area contributed by atoms with Gasteiger partial charge >= 0.3 is 5.97 Å². The van der Waals surface area contributed by atoms with Crippen LogP contribution < -0.4 is 5.48 Å². The minimum Gasteiger partial charge on any atom is -0.464 e. The Labute approximate surface area is 127 Å². The third kappa shape index (κ3) is 2.43. The number of hydrogen-bond donors (Lipinski definition) is 1. The lowest BCUT2D eigenvalue weighted by atomic mass is 10.00. The van der Waals surface area contributed by atoms with Gasteiger partial charge in [0.15, 0.2) is 0 Å². The molecule has 0 amide bonds. The topological polar surface area (TPSA) is 47.6 Å². The van der Waals surface area contributed by atoms with Gasteiger partial charge in [0.1, 0.15) is 0 Å². The second-order valence-electron chi connectivity index (χ2n) is 4.87. The Morgan fingerprint density at radius 2 is 2.19 bits per heavy atom. The fourth-order valence-corrected chi connectivity index (χ4v) is 3.37. The molecule has 21 heavy (non-hydrogen) atoms. The molecule has 0 spiro atoms. The van der Waals surface area contributed by atoms with Crippen LogP contribution in [0.2, 0.25) is 0 Å². The van der Waals surface area contributed by atoms with Gasteiger partial charge in [0.25, 0.3) is 0 Å². The molecule has 110 valence electrons. The van der Waals surface area contributed by atoms with Gasteiger partial charge in [-0.05, 0) is 36.9 Å². The van der Waals surface area contributed by atoms with Crippen molar-refractivity contribution in [1.29, 1.82) is 0 Å². The number of carbonyl (C=O) groups is 1. The number of fused-ring (bicyclic) bond motifs is 1. The number of hydroxylamine groups is 1. The van der Waals surface area contributed by atoms with Crippen LogP contribution in [0, 0.1) is 0 Å². The van der Waals surface area contributed by atoms with Crippen LogP contribution in [0.4, 0.5) is 0 Å². The summed E-state index contributed by atoms with van der Waals surface area (Å²) in [5.74, 6) is -0.351. The van der Waals surface area contributed by atoms with E-state index in [1.54, 1.807) is 18.3 Å². The summed E-state index contributed by atoms with van der Waals surface area (Å²) < 4.78 is 6.33. The molecule has 1 aliphatic rings. The van der Waals surface area contributed by atoms with E-state index < -0.39 is 5.60 Å².